The summed E-state index contributed by atoms with van der Waals surface area (Å²) in [5.41, 5.74) is 1.15. The zero-order chi connectivity index (χ0) is 27.8. The molecule has 0 aromatic carbocycles. The van der Waals surface area contributed by atoms with E-state index in [0.717, 1.165) is 50.9 Å². The van der Waals surface area contributed by atoms with E-state index in [1.807, 2.05) is 10.9 Å². The molecule has 0 saturated carbocycles. The number of aliphatic hydroxyl groups excluding tert-OH is 2. The second kappa shape index (κ2) is 23.9. The standard InChI is InChI=1S/C32H64N4O2/c1-5-7-9-11-13-15-17-19-21-31(37)28-35(26-30-25-33-36(27-30)24-23-34(3)4)29-32(38)22-20-18-16-14-12-10-8-6-2/h25,27,31-32,37-38H,5-24,26,28-29H2,1-4H3/t31-,32+. The Morgan fingerprint density at radius 3 is 1.61 bits per heavy atom. The number of likely N-dealkylation sites (N-methyl/N-ethyl adjacent to an activating group) is 1. The summed E-state index contributed by atoms with van der Waals surface area (Å²) in [7, 11) is 4.15. The van der Waals surface area contributed by atoms with Crippen LogP contribution in [0.5, 0.6) is 0 Å². The fraction of sp³-hybridized carbons (Fsp3) is 0.906. The predicted molar refractivity (Wildman–Crippen MR) is 163 cm³/mol. The Hall–Kier alpha value is -0.950. The maximum Gasteiger partial charge on any atom is 0.0667 e. The van der Waals surface area contributed by atoms with Gasteiger partial charge in [-0.05, 0) is 26.9 Å². The van der Waals surface area contributed by atoms with E-state index in [1.54, 1.807) is 0 Å². The lowest BCUT2D eigenvalue weighted by Gasteiger charge is -2.27. The smallest absolute Gasteiger partial charge is 0.0667 e. The third kappa shape index (κ3) is 20.0. The maximum atomic E-state index is 10.8. The van der Waals surface area contributed by atoms with Crippen LogP contribution in [0.15, 0.2) is 12.4 Å². The van der Waals surface area contributed by atoms with Gasteiger partial charge in [-0.3, -0.25) is 9.58 Å². The monoisotopic (exact) mass is 537 g/mol. The lowest BCUT2D eigenvalue weighted by Crippen LogP contribution is -2.37. The molecule has 0 aliphatic carbocycles. The van der Waals surface area contributed by atoms with Crippen molar-refractivity contribution in [1.82, 2.24) is 19.6 Å². The molecule has 2 atom stereocenters. The van der Waals surface area contributed by atoms with E-state index in [-0.39, 0.29) is 12.2 Å². The van der Waals surface area contributed by atoms with Crippen molar-refractivity contribution >= 4 is 0 Å². The van der Waals surface area contributed by atoms with Crippen LogP contribution in [-0.4, -0.2) is 75.7 Å². The average Bonchev–Trinajstić information content (AvgIpc) is 3.33. The van der Waals surface area contributed by atoms with Gasteiger partial charge < -0.3 is 15.1 Å². The highest BCUT2D eigenvalue weighted by atomic mass is 16.3. The molecule has 0 aliphatic heterocycles. The molecule has 6 nitrogen and oxygen atoms in total. The summed E-state index contributed by atoms with van der Waals surface area (Å²) in [4.78, 5) is 4.41. The van der Waals surface area contributed by atoms with Crippen LogP contribution in [0.25, 0.3) is 0 Å². The minimum absolute atomic E-state index is 0.339. The lowest BCUT2D eigenvalue weighted by molar-refractivity contribution is 0.0567. The van der Waals surface area contributed by atoms with Gasteiger partial charge in [-0.15, -0.1) is 0 Å². The normalized spacial score (nSPS) is 13.6. The van der Waals surface area contributed by atoms with Crippen LogP contribution < -0.4 is 0 Å². The molecule has 0 spiro atoms. The summed E-state index contributed by atoms with van der Waals surface area (Å²) in [6.07, 6.45) is 25.6. The van der Waals surface area contributed by atoms with Gasteiger partial charge in [-0.2, -0.15) is 5.10 Å². The summed E-state index contributed by atoms with van der Waals surface area (Å²) in [6.45, 7) is 8.32. The molecule has 0 bridgehead atoms. The molecule has 1 aromatic rings. The fourth-order valence-corrected chi connectivity index (χ4v) is 5.18. The van der Waals surface area contributed by atoms with Gasteiger partial charge in [0.05, 0.1) is 24.9 Å². The SMILES string of the molecule is CCCCCCCCCC[C@@H](O)CN(Cc1cnn(CCN(C)C)c1)C[C@@H](O)CCCCCCCCCC. The van der Waals surface area contributed by atoms with Gasteiger partial charge in [0.25, 0.3) is 0 Å². The number of unbranched alkanes of at least 4 members (excludes halogenated alkanes) is 14. The average molecular weight is 537 g/mol. The first-order valence-electron chi connectivity index (χ1n) is 16.2. The Morgan fingerprint density at radius 2 is 1.16 bits per heavy atom. The summed E-state index contributed by atoms with van der Waals surface area (Å²) >= 11 is 0. The Morgan fingerprint density at radius 1 is 0.711 bits per heavy atom. The van der Waals surface area contributed by atoms with Crippen molar-refractivity contribution < 1.29 is 10.2 Å². The van der Waals surface area contributed by atoms with Crippen molar-refractivity contribution in [1.29, 1.82) is 0 Å². The molecule has 1 rings (SSSR count). The molecular weight excluding hydrogens is 472 g/mol. The van der Waals surface area contributed by atoms with Gasteiger partial charge in [0.2, 0.25) is 0 Å². The van der Waals surface area contributed by atoms with Crippen LogP contribution in [-0.2, 0) is 13.1 Å². The highest BCUT2D eigenvalue weighted by Crippen LogP contribution is 2.15. The second-order valence-electron chi connectivity index (χ2n) is 11.9. The highest BCUT2D eigenvalue weighted by molar-refractivity contribution is 5.04. The van der Waals surface area contributed by atoms with E-state index in [1.165, 1.54) is 89.9 Å². The summed E-state index contributed by atoms with van der Waals surface area (Å²) in [5, 5.41) is 26.2. The predicted octanol–water partition coefficient (Wildman–Crippen LogP) is 7.03. The van der Waals surface area contributed by atoms with Crippen molar-refractivity contribution in [2.45, 2.75) is 155 Å². The van der Waals surface area contributed by atoms with E-state index in [4.69, 9.17) is 0 Å². The quantitative estimate of drug-likeness (QED) is 0.118. The van der Waals surface area contributed by atoms with Crippen LogP contribution in [0.3, 0.4) is 0 Å². The van der Waals surface area contributed by atoms with Crippen LogP contribution in [0.4, 0.5) is 0 Å². The number of hydrogen-bond acceptors (Lipinski definition) is 5. The minimum atomic E-state index is -0.339. The Kier molecular flexibility index (Phi) is 22.1. The Balaban J connectivity index is 2.45. The zero-order valence-electron chi connectivity index (χ0n) is 25.8. The van der Waals surface area contributed by atoms with Crippen molar-refractivity contribution in [3.63, 3.8) is 0 Å². The van der Waals surface area contributed by atoms with Gasteiger partial charge in [-0.25, -0.2) is 0 Å². The summed E-state index contributed by atoms with van der Waals surface area (Å²) in [5.74, 6) is 0. The first-order valence-corrected chi connectivity index (χ1v) is 16.2. The van der Waals surface area contributed by atoms with E-state index >= 15 is 0 Å². The van der Waals surface area contributed by atoms with Crippen molar-refractivity contribution in [3.8, 4) is 0 Å². The van der Waals surface area contributed by atoms with Crippen molar-refractivity contribution in [2.24, 2.45) is 0 Å². The van der Waals surface area contributed by atoms with Gasteiger partial charge in [-0.1, -0.05) is 117 Å². The van der Waals surface area contributed by atoms with Gasteiger partial charge in [0.15, 0.2) is 0 Å². The van der Waals surface area contributed by atoms with Crippen molar-refractivity contribution in [2.75, 3.05) is 33.7 Å². The zero-order valence-corrected chi connectivity index (χ0v) is 25.8. The number of rotatable bonds is 27. The Labute approximate surface area is 236 Å². The van der Waals surface area contributed by atoms with E-state index in [2.05, 4.69) is 49.0 Å². The molecule has 0 aliphatic rings. The van der Waals surface area contributed by atoms with Crippen LogP contribution >= 0.6 is 0 Å². The largest absolute Gasteiger partial charge is 0.392 e. The number of hydrogen-bond donors (Lipinski definition) is 2. The molecule has 224 valence electrons. The molecule has 0 unspecified atom stereocenters. The molecule has 0 saturated heterocycles. The summed E-state index contributed by atoms with van der Waals surface area (Å²) < 4.78 is 2.00. The third-order valence-corrected chi connectivity index (χ3v) is 7.59. The minimum Gasteiger partial charge on any atom is -0.392 e. The molecule has 2 N–H and O–H groups in total. The lowest BCUT2D eigenvalue weighted by atomic mass is 10.0. The fourth-order valence-electron chi connectivity index (χ4n) is 5.18. The highest BCUT2D eigenvalue weighted by Gasteiger charge is 2.17. The molecular formula is C32H64N4O2. The third-order valence-electron chi connectivity index (χ3n) is 7.59. The van der Waals surface area contributed by atoms with E-state index in [9.17, 15) is 10.2 Å². The van der Waals surface area contributed by atoms with Crippen molar-refractivity contribution in [3.05, 3.63) is 18.0 Å². The second-order valence-corrected chi connectivity index (χ2v) is 11.9. The number of aliphatic hydroxyl groups is 2. The molecule has 0 radical (unpaired) electrons. The molecule has 1 heterocycles. The van der Waals surface area contributed by atoms with Gasteiger partial charge in [0.1, 0.15) is 0 Å². The van der Waals surface area contributed by atoms with E-state index in [0.29, 0.717) is 13.1 Å². The maximum absolute atomic E-state index is 10.8. The van der Waals surface area contributed by atoms with Gasteiger partial charge >= 0.3 is 0 Å². The van der Waals surface area contributed by atoms with Crippen LogP contribution in [0, 0.1) is 0 Å². The number of nitrogens with zero attached hydrogens (tertiary/aromatic N) is 4. The molecule has 38 heavy (non-hydrogen) atoms. The molecule has 0 amide bonds. The number of aromatic nitrogens is 2. The topological polar surface area (TPSA) is 64.8 Å². The van der Waals surface area contributed by atoms with E-state index < -0.39 is 0 Å². The molecule has 6 heteroatoms. The van der Waals surface area contributed by atoms with Gasteiger partial charge in [0, 0.05) is 37.9 Å². The molecule has 1 aromatic heterocycles. The van der Waals surface area contributed by atoms with Crippen LogP contribution in [0.1, 0.15) is 135 Å². The van der Waals surface area contributed by atoms with Crippen LogP contribution in [0.2, 0.25) is 0 Å². The first kappa shape index (κ1) is 35.1. The first-order chi connectivity index (χ1) is 18.4. The summed E-state index contributed by atoms with van der Waals surface area (Å²) in [6, 6.07) is 0. The Bertz CT molecular complexity index is 609. The molecule has 0 fully saturated rings.